The average molecular weight is 323 g/mol. The van der Waals surface area contributed by atoms with Gasteiger partial charge in [0.1, 0.15) is 0 Å². The second kappa shape index (κ2) is 2.82. The minimum absolute atomic E-state index is 2.90. The molecule has 0 nitrogen and oxygen atoms in total. The van der Waals surface area contributed by atoms with Crippen LogP contribution in [0.5, 0.6) is 0 Å². The van der Waals surface area contributed by atoms with Gasteiger partial charge in [-0.05, 0) is 0 Å². The van der Waals surface area contributed by atoms with Crippen LogP contribution >= 0.6 is 34.8 Å². The highest BCUT2D eigenvalue weighted by Gasteiger charge is 3.07. The topological polar surface area (TPSA) is 0 Å². The monoisotopic (exact) mass is 322 g/mol. The first kappa shape index (κ1) is 13.5. The molecule has 2 rings (SSSR count). The minimum atomic E-state index is -4.76. The summed E-state index contributed by atoms with van der Waals surface area (Å²) in [5.74, 6) is -5.79. The molecule has 10 heteroatoms. The highest BCUT2D eigenvalue weighted by atomic mass is 35.5. The second-order valence-corrected chi connectivity index (χ2v) is 5.23. The number of hydrogen-bond donors (Lipinski definition) is 0. The van der Waals surface area contributed by atoms with Crippen LogP contribution in [-0.4, -0.2) is 26.7 Å². The van der Waals surface area contributed by atoms with Crippen molar-refractivity contribution in [2.45, 2.75) is 26.7 Å². The zero-order valence-corrected chi connectivity index (χ0v) is 9.55. The number of allylic oxidation sites excluding steroid dienone is 2. The Bertz CT molecular complexity index is 445. The molecule has 0 aromatic rings. The summed E-state index contributed by atoms with van der Waals surface area (Å²) in [6, 6.07) is 0. The van der Waals surface area contributed by atoms with Gasteiger partial charge in [-0.15, -0.1) is 0 Å². The van der Waals surface area contributed by atoms with Crippen LogP contribution < -0.4 is 0 Å². The molecule has 0 radical (unpaired) electrons. The molecule has 17 heavy (non-hydrogen) atoms. The van der Waals surface area contributed by atoms with E-state index in [1.165, 1.54) is 0 Å². The van der Waals surface area contributed by atoms with E-state index >= 15 is 0 Å². The zero-order chi connectivity index (χ0) is 13.7. The quantitative estimate of drug-likeness (QED) is 0.461. The summed E-state index contributed by atoms with van der Waals surface area (Å²) in [7, 11) is 0. The van der Waals surface area contributed by atoms with Gasteiger partial charge in [-0.3, -0.25) is 0 Å². The smallest absolute Gasteiger partial charge is 0.229 e. The third-order valence-corrected chi connectivity index (χ3v) is 4.44. The Morgan fingerprint density at radius 1 is 0.706 bits per heavy atom. The van der Waals surface area contributed by atoms with Gasteiger partial charge in [0.25, 0.3) is 26.7 Å². The van der Waals surface area contributed by atoms with Gasteiger partial charge in [0.15, 0.2) is 11.7 Å². The molecule has 0 heterocycles. The van der Waals surface area contributed by atoms with Crippen LogP contribution in [0.4, 0.5) is 30.7 Å². The summed E-state index contributed by atoms with van der Waals surface area (Å²) in [5, 5.41) is -13.8. The summed E-state index contributed by atoms with van der Waals surface area (Å²) in [6.07, 6.45) is 0. The normalized spacial score (nSPS) is 62.5. The van der Waals surface area contributed by atoms with E-state index in [-0.39, 0.29) is 0 Å². The maximum absolute atomic E-state index is 13.7. The van der Waals surface area contributed by atoms with Crippen LogP contribution in [0.1, 0.15) is 0 Å². The van der Waals surface area contributed by atoms with E-state index < -0.39 is 38.4 Å². The first-order valence-corrected chi connectivity index (χ1v) is 5.02. The van der Waals surface area contributed by atoms with E-state index in [4.69, 9.17) is 0 Å². The summed E-state index contributed by atoms with van der Waals surface area (Å²) in [6.45, 7) is 0. The summed E-state index contributed by atoms with van der Waals surface area (Å²) in [5.41, 5.74) is -9.25. The Kier molecular flexibility index (Phi) is 2.25. The van der Waals surface area contributed by atoms with Crippen molar-refractivity contribution in [2.75, 3.05) is 0 Å². The molecule has 0 aliphatic heterocycles. The third kappa shape index (κ3) is 0.920. The van der Waals surface area contributed by atoms with Crippen molar-refractivity contribution in [3.63, 3.8) is 0 Å². The number of rotatable bonds is 0. The Morgan fingerprint density at radius 3 is 1.53 bits per heavy atom. The molecule has 2 aliphatic rings. The Balaban J connectivity index is 2.81. The standard InChI is InChI=1S/C7Cl3F7/c8-4(14)2(12)1(11)3(13)5(15,6(3,9)16)7(4,10)17. The predicted molar refractivity (Wildman–Crippen MR) is 46.0 cm³/mol. The van der Waals surface area contributed by atoms with Gasteiger partial charge < -0.3 is 0 Å². The van der Waals surface area contributed by atoms with Crippen molar-refractivity contribution in [1.82, 2.24) is 0 Å². The number of alkyl halides is 8. The van der Waals surface area contributed by atoms with Gasteiger partial charge in [0.2, 0.25) is 0 Å². The maximum Gasteiger partial charge on any atom is 0.288 e. The lowest BCUT2D eigenvalue weighted by molar-refractivity contribution is -0.0356. The minimum Gasteiger partial charge on any atom is -0.229 e. The predicted octanol–water partition coefficient (Wildman–Crippen LogP) is 4.29. The van der Waals surface area contributed by atoms with Crippen LogP contribution in [0.2, 0.25) is 0 Å². The molecule has 1 saturated carbocycles. The van der Waals surface area contributed by atoms with Crippen molar-refractivity contribution in [1.29, 1.82) is 0 Å². The van der Waals surface area contributed by atoms with Crippen LogP contribution in [0.3, 0.4) is 0 Å². The van der Waals surface area contributed by atoms with Crippen LogP contribution in [-0.2, 0) is 0 Å². The SMILES string of the molecule is FC1=C(F)C2(F)C(F)(Cl)C2(F)C(F)(Cl)C1(F)Cl. The van der Waals surface area contributed by atoms with Gasteiger partial charge >= 0.3 is 0 Å². The van der Waals surface area contributed by atoms with Crippen LogP contribution in [0, 0.1) is 0 Å². The third-order valence-electron chi connectivity index (χ3n) is 2.88. The lowest BCUT2D eigenvalue weighted by atomic mass is 9.97. The number of fused-ring (bicyclic) bond motifs is 1. The maximum atomic E-state index is 13.7. The molecule has 0 spiro atoms. The molecule has 0 aromatic heterocycles. The molecular weight excluding hydrogens is 323 g/mol. The lowest BCUT2D eigenvalue weighted by Gasteiger charge is -2.34. The van der Waals surface area contributed by atoms with Crippen molar-refractivity contribution < 1.29 is 30.7 Å². The van der Waals surface area contributed by atoms with Crippen molar-refractivity contribution in [3.8, 4) is 0 Å². The molecule has 5 unspecified atom stereocenters. The first-order chi connectivity index (χ1) is 7.32. The molecule has 0 aromatic carbocycles. The Hall–Kier alpha value is 0.120. The van der Waals surface area contributed by atoms with Gasteiger partial charge in [-0.25, -0.2) is 30.7 Å². The van der Waals surface area contributed by atoms with E-state index in [0.29, 0.717) is 0 Å². The first-order valence-electron chi connectivity index (χ1n) is 3.89. The van der Waals surface area contributed by atoms with E-state index in [1.54, 1.807) is 0 Å². The molecule has 0 amide bonds. The van der Waals surface area contributed by atoms with Gasteiger partial charge in [-0.2, -0.15) is 0 Å². The molecule has 98 valence electrons. The Morgan fingerprint density at radius 2 is 1.12 bits per heavy atom. The van der Waals surface area contributed by atoms with E-state index in [9.17, 15) is 30.7 Å². The van der Waals surface area contributed by atoms with Crippen molar-refractivity contribution >= 4 is 34.8 Å². The van der Waals surface area contributed by atoms with Gasteiger partial charge in [-0.1, -0.05) is 34.8 Å². The summed E-state index contributed by atoms with van der Waals surface area (Å²) < 4.78 is 93.1. The molecule has 5 atom stereocenters. The molecule has 1 fully saturated rings. The fraction of sp³-hybridized carbons (Fsp3) is 0.714. The molecule has 0 N–H and O–H groups in total. The molecule has 0 saturated heterocycles. The van der Waals surface area contributed by atoms with E-state index in [1.807, 2.05) is 0 Å². The lowest BCUT2D eigenvalue weighted by Crippen LogP contribution is -2.55. The van der Waals surface area contributed by atoms with E-state index in [2.05, 4.69) is 34.8 Å². The van der Waals surface area contributed by atoms with Crippen LogP contribution in [0.15, 0.2) is 11.7 Å². The average Bonchev–Trinajstić information content (AvgIpc) is 2.57. The fourth-order valence-corrected chi connectivity index (χ4v) is 2.80. The Labute approximate surface area is 104 Å². The van der Waals surface area contributed by atoms with Crippen molar-refractivity contribution in [3.05, 3.63) is 11.7 Å². The number of halogens is 10. The largest absolute Gasteiger partial charge is 0.288 e. The van der Waals surface area contributed by atoms with Gasteiger partial charge in [0.05, 0.1) is 0 Å². The highest BCUT2D eigenvalue weighted by Crippen LogP contribution is 2.82. The van der Waals surface area contributed by atoms with E-state index in [0.717, 1.165) is 0 Å². The van der Waals surface area contributed by atoms with Gasteiger partial charge in [0, 0.05) is 0 Å². The second-order valence-electron chi connectivity index (χ2n) is 3.67. The molecule has 0 bridgehead atoms. The fourth-order valence-electron chi connectivity index (χ4n) is 1.77. The summed E-state index contributed by atoms with van der Waals surface area (Å²) >= 11 is 13.7. The summed E-state index contributed by atoms with van der Waals surface area (Å²) in [4.78, 5) is 0. The molecule has 2 aliphatic carbocycles. The molecular formula is C7Cl3F7. The zero-order valence-electron chi connectivity index (χ0n) is 7.28. The van der Waals surface area contributed by atoms with Crippen molar-refractivity contribution in [2.24, 2.45) is 0 Å². The van der Waals surface area contributed by atoms with Crippen LogP contribution in [0.25, 0.3) is 0 Å². The highest BCUT2D eigenvalue weighted by molar-refractivity contribution is 6.38. The number of hydrogen-bond acceptors (Lipinski definition) is 0.